The number of hydrogen-bond acceptors (Lipinski definition) is 3. The highest BCUT2D eigenvalue weighted by Gasteiger charge is 2.24. The molecule has 0 aliphatic carbocycles. The minimum absolute atomic E-state index is 0.149. The molecule has 1 N–H and O–H groups in total. The summed E-state index contributed by atoms with van der Waals surface area (Å²) in [6.07, 6.45) is 0.838. The molecule has 0 aliphatic heterocycles. The van der Waals surface area contributed by atoms with Crippen LogP contribution in [0.25, 0.3) is 0 Å². The Labute approximate surface area is 127 Å². The lowest BCUT2D eigenvalue weighted by molar-refractivity contribution is 0.186. The standard InChI is InChI=1S/C17H28FNO2/c1-17(2,3)14(12-19-8-9-20-4)10-13-6-7-16(21-5)15(18)11-13/h6-7,11,14,19H,8-10,12H2,1-5H3. The van der Waals surface area contributed by atoms with Gasteiger partial charge < -0.3 is 14.8 Å². The Balaban J connectivity index is 2.70. The van der Waals surface area contributed by atoms with Crippen molar-refractivity contribution < 1.29 is 13.9 Å². The van der Waals surface area contributed by atoms with E-state index in [-0.39, 0.29) is 11.2 Å². The molecular weight excluding hydrogens is 269 g/mol. The summed E-state index contributed by atoms with van der Waals surface area (Å²) in [5, 5.41) is 3.41. The SMILES string of the molecule is COCCNCC(Cc1ccc(OC)c(F)c1)C(C)(C)C. The molecule has 0 amide bonds. The number of halogens is 1. The third-order valence-electron chi connectivity index (χ3n) is 3.80. The van der Waals surface area contributed by atoms with Gasteiger partial charge in [0.05, 0.1) is 13.7 Å². The third kappa shape index (κ3) is 6.02. The van der Waals surface area contributed by atoms with E-state index < -0.39 is 0 Å². The lowest BCUT2D eigenvalue weighted by atomic mass is 9.77. The maximum absolute atomic E-state index is 13.8. The van der Waals surface area contributed by atoms with Crippen LogP contribution in [0.4, 0.5) is 4.39 Å². The summed E-state index contributed by atoms with van der Waals surface area (Å²) in [4.78, 5) is 0. The molecule has 3 nitrogen and oxygen atoms in total. The Morgan fingerprint density at radius 1 is 1.24 bits per heavy atom. The van der Waals surface area contributed by atoms with Crippen LogP contribution in [0.3, 0.4) is 0 Å². The van der Waals surface area contributed by atoms with Gasteiger partial charge in [-0.3, -0.25) is 0 Å². The van der Waals surface area contributed by atoms with Gasteiger partial charge in [0, 0.05) is 13.7 Å². The Hall–Kier alpha value is -1.13. The molecule has 0 spiro atoms. The number of nitrogens with one attached hydrogen (secondary N) is 1. The van der Waals surface area contributed by atoms with Crippen molar-refractivity contribution in [1.82, 2.24) is 5.32 Å². The quantitative estimate of drug-likeness (QED) is 0.747. The van der Waals surface area contributed by atoms with Crippen molar-refractivity contribution in [1.29, 1.82) is 0 Å². The van der Waals surface area contributed by atoms with Crippen LogP contribution < -0.4 is 10.1 Å². The fourth-order valence-electron chi connectivity index (χ4n) is 2.26. The Morgan fingerprint density at radius 3 is 2.48 bits per heavy atom. The first-order valence-electron chi connectivity index (χ1n) is 7.40. The molecule has 0 bridgehead atoms. The zero-order valence-electron chi connectivity index (χ0n) is 13.8. The van der Waals surface area contributed by atoms with E-state index in [0.717, 1.165) is 25.1 Å². The van der Waals surface area contributed by atoms with Crippen molar-refractivity contribution in [2.24, 2.45) is 11.3 Å². The maximum Gasteiger partial charge on any atom is 0.165 e. The van der Waals surface area contributed by atoms with Crippen LogP contribution in [0.5, 0.6) is 5.75 Å². The Kier molecular flexibility index (Phi) is 7.12. The fraction of sp³-hybridized carbons (Fsp3) is 0.647. The summed E-state index contributed by atoms with van der Waals surface area (Å²) in [7, 11) is 3.18. The van der Waals surface area contributed by atoms with Gasteiger partial charge in [0.2, 0.25) is 0 Å². The predicted molar refractivity (Wildman–Crippen MR) is 84.3 cm³/mol. The van der Waals surface area contributed by atoms with Gasteiger partial charge in [0.1, 0.15) is 0 Å². The summed E-state index contributed by atoms with van der Waals surface area (Å²) < 4.78 is 23.8. The third-order valence-corrected chi connectivity index (χ3v) is 3.80. The molecule has 0 fully saturated rings. The van der Waals surface area contributed by atoms with Crippen LogP contribution in [0.2, 0.25) is 0 Å². The van der Waals surface area contributed by atoms with Gasteiger partial charge in [0.25, 0.3) is 0 Å². The first-order chi connectivity index (χ1) is 9.88. The molecular formula is C17H28FNO2. The summed E-state index contributed by atoms with van der Waals surface area (Å²) in [6, 6.07) is 5.21. The summed E-state index contributed by atoms with van der Waals surface area (Å²) in [5.41, 5.74) is 1.15. The monoisotopic (exact) mass is 297 g/mol. The highest BCUT2D eigenvalue weighted by molar-refractivity contribution is 5.29. The second-order valence-corrected chi connectivity index (χ2v) is 6.43. The van der Waals surface area contributed by atoms with E-state index in [0.29, 0.717) is 18.3 Å². The molecule has 0 saturated heterocycles. The number of ether oxygens (including phenoxy) is 2. The lowest BCUT2D eigenvalue weighted by Gasteiger charge is -2.31. The summed E-state index contributed by atoms with van der Waals surface area (Å²) >= 11 is 0. The van der Waals surface area contributed by atoms with Crippen molar-refractivity contribution in [2.45, 2.75) is 27.2 Å². The van der Waals surface area contributed by atoms with E-state index in [9.17, 15) is 4.39 Å². The molecule has 1 atom stereocenters. The Morgan fingerprint density at radius 2 is 1.95 bits per heavy atom. The molecule has 1 aromatic carbocycles. The topological polar surface area (TPSA) is 30.5 Å². The average Bonchev–Trinajstić information content (AvgIpc) is 2.41. The number of hydrogen-bond donors (Lipinski definition) is 1. The number of rotatable bonds is 8. The average molecular weight is 297 g/mol. The second kappa shape index (κ2) is 8.35. The maximum atomic E-state index is 13.8. The zero-order valence-corrected chi connectivity index (χ0v) is 13.8. The molecule has 120 valence electrons. The molecule has 1 unspecified atom stereocenters. The van der Waals surface area contributed by atoms with Crippen molar-refractivity contribution in [2.75, 3.05) is 33.9 Å². The molecule has 4 heteroatoms. The van der Waals surface area contributed by atoms with Gasteiger partial charge in [-0.15, -0.1) is 0 Å². The van der Waals surface area contributed by atoms with E-state index in [1.54, 1.807) is 19.2 Å². The van der Waals surface area contributed by atoms with Gasteiger partial charge in [-0.25, -0.2) is 4.39 Å². The predicted octanol–water partition coefficient (Wildman–Crippen LogP) is 3.28. The molecule has 0 radical (unpaired) electrons. The smallest absolute Gasteiger partial charge is 0.165 e. The van der Waals surface area contributed by atoms with Crippen LogP contribution in [0, 0.1) is 17.2 Å². The molecule has 1 aromatic rings. The van der Waals surface area contributed by atoms with Gasteiger partial charge in [-0.2, -0.15) is 0 Å². The summed E-state index contributed by atoms with van der Waals surface area (Å²) in [5.74, 6) is 0.418. The van der Waals surface area contributed by atoms with Crippen LogP contribution >= 0.6 is 0 Å². The van der Waals surface area contributed by atoms with E-state index in [1.807, 2.05) is 6.07 Å². The second-order valence-electron chi connectivity index (χ2n) is 6.43. The normalized spacial score (nSPS) is 13.2. The van der Waals surface area contributed by atoms with Crippen LogP contribution in [0.15, 0.2) is 18.2 Å². The van der Waals surface area contributed by atoms with E-state index >= 15 is 0 Å². The molecule has 0 aromatic heterocycles. The zero-order chi connectivity index (χ0) is 15.9. The molecule has 0 aliphatic rings. The van der Waals surface area contributed by atoms with E-state index in [1.165, 1.54) is 7.11 Å². The first-order valence-corrected chi connectivity index (χ1v) is 7.40. The van der Waals surface area contributed by atoms with Crippen molar-refractivity contribution in [3.63, 3.8) is 0 Å². The molecule has 1 rings (SSSR count). The minimum atomic E-state index is -0.296. The molecule has 21 heavy (non-hydrogen) atoms. The number of benzene rings is 1. The highest BCUT2D eigenvalue weighted by Crippen LogP contribution is 2.29. The van der Waals surface area contributed by atoms with Crippen LogP contribution in [-0.4, -0.2) is 33.9 Å². The highest BCUT2D eigenvalue weighted by atomic mass is 19.1. The minimum Gasteiger partial charge on any atom is -0.494 e. The van der Waals surface area contributed by atoms with Crippen molar-refractivity contribution in [3.05, 3.63) is 29.6 Å². The van der Waals surface area contributed by atoms with Gasteiger partial charge >= 0.3 is 0 Å². The fourth-order valence-corrected chi connectivity index (χ4v) is 2.26. The van der Waals surface area contributed by atoms with Gasteiger partial charge in [-0.1, -0.05) is 26.8 Å². The Bertz CT molecular complexity index is 429. The number of methoxy groups -OCH3 is 2. The van der Waals surface area contributed by atoms with Crippen molar-refractivity contribution in [3.8, 4) is 5.75 Å². The summed E-state index contributed by atoms with van der Waals surface area (Å²) in [6.45, 7) is 9.08. The van der Waals surface area contributed by atoms with Crippen LogP contribution in [-0.2, 0) is 11.2 Å². The van der Waals surface area contributed by atoms with E-state index in [4.69, 9.17) is 9.47 Å². The largest absolute Gasteiger partial charge is 0.494 e. The van der Waals surface area contributed by atoms with Crippen LogP contribution in [0.1, 0.15) is 26.3 Å². The van der Waals surface area contributed by atoms with E-state index in [2.05, 4.69) is 26.1 Å². The first kappa shape index (κ1) is 17.9. The molecule has 0 heterocycles. The molecule has 0 saturated carbocycles. The van der Waals surface area contributed by atoms with Gasteiger partial charge in [0.15, 0.2) is 11.6 Å². The van der Waals surface area contributed by atoms with Gasteiger partial charge in [-0.05, 0) is 42.0 Å². The lowest BCUT2D eigenvalue weighted by Crippen LogP contribution is -2.34. The van der Waals surface area contributed by atoms with Crippen molar-refractivity contribution >= 4 is 0 Å².